The van der Waals surface area contributed by atoms with Crippen molar-refractivity contribution in [3.05, 3.63) is 138 Å². The van der Waals surface area contributed by atoms with Crippen LogP contribution >= 0.6 is 68.4 Å². The molecule has 0 nitrogen and oxygen atoms in total. The minimum Gasteiger partial charge on any atom is -0.148 e. The van der Waals surface area contributed by atoms with Crippen molar-refractivity contribution in [1.82, 2.24) is 0 Å². The molecule has 1 aliphatic heterocycles. The molecule has 0 saturated heterocycles. The first kappa shape index (κ1) is 28.3. The predicted molar refractivity (Wildman–Crippen MR) is 194 cm³/mol. The van der Waals surface area contributed by atoms with Gasteiger partial charge in [0.15, 0.2) is 0 Å². The molecule has 0 radical (unpaired) electrons. The lowest BCUT2D eigenvalue weighted by molar-refractivity contribution is 0.737. The third kappa shape index (κ3) is 7.02. The van der Waals surface area contributed by atoms with Crippen LogP contribution in [-0.2, 0) is 0 Å². The molecule has 2 aliphatic rings. The monoisotopic (exact) mass is 654 g/mol. The van der Waals surface area contributed by atoms with Crippen LogP contribution in [0.1, 0.15) is 45.6 Å². The molecule has 0 fully saturated rings. The molecule has 210 valence electrons. The van der Waals surface area contributed by atoms with Crippen LogP contribution in [0.4, 0.5) is 0 Å². The Labute approximate surface area is 272 Å². The van der Waals surface area contributed by atoms with Crippen LogP contribution in [-0.4, -0.2) is 0 Å². The number of hydrogen-bond donors (Lipinski definition) is 0. The number of thioether (sulfide) groups is 1. The van der Waals surface area contributed by atoms with Crippen molar-refractivity contribution >= 4 is 80.6 Å². The Morgan fingerprint density at radius 2 is 1.40 bits per heavy atom. The maximum absolute atomic E-state index is 2.48. The zero-order chi connectivity index (χ0) is 28.1. The third-order valence-corrected chi connectivity index (χ3v) is 14.2. The molecule has 1 aliphatic carbocycles. The average Bonchev–Trinajstić information content (AvgIpc) is 3.86. The lowest BCUT2D eigenvalue weighted by Crippen LogP contribution is -2.02. The Morgan fingerprint density at radius 1 is 0.690 bits per heavy atom. The molecule has 6 heterocycles. The van der Waals surface area contributed by atoms with Gasteiger partial charge in [0, 0.05) is 39.4 Å². The summed E-state index contributed by atoms with van der Waals surface area (Å²) in [5.74, 6) is 0.408. The Morgan fingerprint density at radius 3 is 2.10 bits per heavy atom. The highest BCUT2D eigenvalue weighted by Crippen LogP contribution is 2.47. The first-order valence-corrected chi connectivity index (χ1v) is 19.3. The van der Waals surface area contributed by atoms with Crippen molar-refractivity contribution in [2.45, 2.75) is 30.9 Å². The topological polar surface area (TPSA) is 0 Å². The van der Waals surface area contributed by atoms with Gasteiger partial charge in [-0.1, -0.05) is 54.2 Å². The van der Waals surface area contributed by atoms with E-state index in [0.717, 1.165) is 19.3 Å². The SMILES string of the molecule is C1=C(/C=C/c2ccc(-c3cccs3)s2)C=C(CCC2=CCC(c3cccs3)S2)CC1/C=C/c1ccc(-c2cccs2)s1. The van der Waals surface area contributed by atoms with E-state index >= 15 is 0 Å². The molecule has 2 unspecified atom stereocenters. The maximum Gasteiger partial charge on any atom is 0.0469 e. The van der Waals surface area contributed by atoms with Crippen molar-refractivity contribution in [2.24, 2.45) is 5.92 Å². The lowest BCUT2D eigenvalue weighted by atomic mass is 9.87. The minimum absolute atomic E-state index is 0.408. The smallest absolute Gasteiger partial charge is 0.0469 e. The summed E-state index contributed by atoms with van der Waals surface area (Å²) in [4.78, 5) is 11.1. The standard InChI is InChI=1S/C36H30S6/c1-4-31(37-19-1)34-16-13-28(40-34)10-7-25-22-26(8-11-29-14-17-35(41-29)32-5-2-20-38-32)24-27(23-25)9-12-30-15-18-36(42-30)33-6-3-21-39-33/h1-8,10-11,13-17,19-23,26,36H,9,12,18,24H2/b10-7+,11-8+. The van der Waals surface area contributed by atoms with Gasteiger partial charge in [-0.05, 0) is 113 Å². The molecular formula is C36H30S6. The van der Waals surface area contributed by atoms with Crippen molar-refractivity contribution in [3.8, 4) is 19.5 Å². The molecule has 5 aromatic heterocycles. The van der Waals surface area contributed by atoms with Gasteiger partial charge in [-0.2, -0.15) is 0 Å². The number of rotatable bonds is 10. The zero-order valence-corrected chi connectivity index (χ0v) is 27.9. The summed E-state index contributed by atoms with van der Waals surface area (Å²) in [6.45, 7) is 0. The summed E-state index contributed by atoms with van der Waals surface area (Å²) < 4.78 is 0. The highest BCUT2D eigenvalue weighted by Gasteiger charge is 2.21. The van der Waals surface area contributed by atoms with Gasteiger partial charge in [0.1, 0.15) is 0 Å². The quantitative estimate of drug-likeness (QED) is 0.144. The Balaban J connectivity index is 1.06. The minimum atomic E-state index is 0.408. The molecule has 0 aromatic carbocycles. The highest BCUT2D eigenvalue weighted by molar-refractivity contribution is 8.03. The summed E-state index contributed by atoms with van der Waals surface area (Å²) in [6.07, 6.45) is 21.3. The summed E-state index contributed by atoms with van der Waals surface area (Å²) in [5, 5.41) is 7.12. The van der Waals surface area contributed by atoms with Gasteiger partial charge in [0.05, 0.1) is 0 Å². The summed E-state index contributed by atoms with van der Waals surface area (Å²) in [5.41, 5.74) is 2.88. The molecule has 6 heteroatoms. The third-order valence-electron chi connectivity index (χ3n) is 7.41. The van der Waals surface area contributed by atoms with E-state index in [0.29, 0.717) is 11.2 Å². The molecule has 0 bridgehead atoms. The van der Waals surface area contributed by atoms with Gasteiger partial charge in [-0.15, -0.1) is 68.4 Å². The van der Waals surface area contributed by atoms with E-state index in [2.05, 4.69) is 131 Å². The van der Waals surface area contributed by atoms with E-state index in [1.54, 1.807) is 10.5 Å². The van der Waals surface area contributed by atoms with E-state index in [9.17, 15) is 0 Å². The van der Waals surface area contributed by atoms with Gasteiger partial charge >= 0.3 is 0 Å². The Hall–Kier alpha value is -2.45. The van der Waals surface area contributed by atoms with Crippen LogP contribution in [0.5, 0.6) is 0 Å². The van der Waals surface area contributed by atoms with E-state index in [1.165, 1.54) is 46.1 Å². The first-order valence-electron chi connectivity index (χ1n) is 14.2. The summed E-state index contributed by atoms with van der Waals surface area (Å²) in [7, 11) is 0. The van der Waals surface area contributed by atoms with E-state index < -0.39 is 0 Å². The van der Waals surface area contributed by atoms with Gasteiger partial charge < -0.3 is 0 Å². The normalized spacial score (nSPS) is 19.1. The largest absolute Gasteiger partial charge is 0.148 e. The molecule has 7 rings (SSSR count). The molecular weight excluding hydrogens is 625 g/mol. The highest BCUT2D eigenvalue weighted by atomic mass is 32.2. The van der Waals surface area contributed by atoms with Crippen molar-refractivity contribution in [2.75, 3.05) is 0 Å². The lowest BCUT2D eigenvalue weighted by Gasteiger charge is -2.19. The second-order valence-electron chi connectivity index (χ2n) is 10.4. The average molecular weight is 655 g/mol. The van der Waals surface area contributed by atoms with Crippen LogP contribution in [0, 0.1) is 5.92 Å². The molecule has 0 saturated carbocycles. The van der Waals surface area contributed by atoms with Crippen LogP contribution in [0.25, 0.3) is 31.7 Å². The van der Waals surface area contributed by atoms with Crippen molar-refractivity contribution < 1.29 is 0 Å². The first-order chi connectivity index (χ1) is 20.7. The molecule has 2 atom stereocenters. The van der Waals surface area contributed by atoms with Crippen LogP contribution in [0.15, 0.2) is 123 Å². The van der Waals surface area contributed by atoms with Crippen molar-refractivity contribution in [3.63, 3.8) is 0 Å². The fourth-order valence-electron chi connectivity index (χ4n) is 5.35. The zero-order valence-electron chi connectivity index (χ0n) is 23.0. The Kier molecular flexibility index (Phi) is 9.08. The van der Waals surface area contributed by atoms with Gasteiger partial charge in [0.25, 0.3) is 0 Å². The molecule has 5 aromatic rings. The fraction of sp³-hybridized carbons (Fsp3) is 0.167. The van der Waals surface area contributed by atoms with E-state index in [1.807, 2.05) is 56.7 Å². The number of hydrogen-bond acceptors (Lipinski definition) is 6. The van der Waals surface area contributed by atoms with Crippen LogP contribution in [0.2, 0.25) is 0 Å². The van der Waals surface area contributed by atoms with Gasteiger partial charge in [-0.3, -0.25) is 0 Å². The van der Waals surface area contributed by atoms with Gasteiger partial charge in [0.2, 0.25) is 0 Å². The molecule has 0 spiro atoms. The van der Waals surface area contributed by atoms with E-state index in [4.69, 9.17) is 0 Å². The maximum atomic E-state index is 2.48. The van der Waals surface area contributed by atoms with Crippen LogP contribution in [0.3, 0.4) is 0 Å². The number of allylic oxidation sites excluding steroid dienone is 8. The molecule has 0 N–H and O–H groups in total. The molecule has 0 amide bonds. The van der Waals surface area contributed by atoms with E-state index in [-0.39, 0.29) is 0 Å². The fourth-order valence-corrected chi connectivity index (χ4v) is 11.0. The predicted octanol–water partition coefficient (Wildman–Crippen LogP) is 13.5. The Bertz CT molecular complexity index is 1750. The summed E-state index contributed by atoms with van der Waals surface area (Å²) in [6, 6.07) is 22.2. The van der Waals surface area contributed by atoms with Crippen molar-refractivity contribution in [1.29, 1.82) is 0 Å². The molecule has 42 heavy (non-hydrogen) atoms. The second kappa shape index (κ2) is 13.5. The summed E-state index contributed by atoms with van der Waals surface area (Å²) >= 11 is 11.3. The van der Waals surface area contributed by atoms with Crippen LogP contribution < -0.4 is 0 Å². The number of thiophene rings is 5. The van der Waals surface area contributed by atoms with Gasteiger partial charge in [-0.25, -0.2) is 0 Å². The second-order valence-corrected chi connectivity index (χ2v) is 16.9.